The van der Waals surface area contributed by atoms with Crippen molar-refractivity contribution in [2.45, 2.75) is 25.8 Å². The first kappa shape index (κ1) is 15.4. The minimum Gasteiger partial charge on any atom is -0.310 e. The molecule has 0 saturated carbocycles. The SMILES string of the molecule is CCCNC(Cc1c(Cl)cccc1Cl)c1ccccc1. The van der Waals surface area contributed by atoms with Gasteiger partial charge in [-0.05, 0) is 42.6 Å². The summed E-state index contributed by atoms with van der Waals surface area (Å²) in [4.78, 5) is 0. The van der Waals surface area contributed by atoms with E-state index in [1.165, 1.54) is 5.56 Å². The van der Waals surface area contributed by atoms with Crippen molar-refractivity contribution in [3.63, 3.8) is 0 Å². The van der Waals surface area contributed by atoms with E-state index < -0.39 is 0 Å². The molecule has 0 heterocycles. The molecule has 20 heavy (non-hydrogen) atoms. The lowest BCUT2D eigenvalue weighted by Crippen LogP contribution is -2.24. The van der Waals surface area contributed by atoms with Gasteiger partial charge in [-0.2, -0.15) is 0 Å². The van der Waals surface area contributed by atoms with E-state index in [9.17, 15) is 0 Å². The molecule has 1 unspecified atom stereocenters. The fraction of sp³-hybridized carbons (Fsp3) is 0.294. The van der Waals surface area contributed by atoms with E-state index in [1.54, 1.807) is 0 Å². The molecule has 1 atom stereocenters. The normalized spacial score (nSPS) is 12.3. The molecule has 0 bridgehead atoms. The van der Waals surface area contributed by atoms with Gasteiger partial charge < -0.3 is 5.32 Å². The van der Waals surface area contributed by atoms with Crippen LogP contribution in [0.2, 0.25) is 10.0 Å². The lowest BCUT2D eigenvalue weighted by atomic mass is 9.98. The highest BCUT2D eigenvalue weighted by molar-refractivity contribution is 6.36. The third-order valence-electron chi connectivity index (χ3n) is 3.31. The van der Waals surface area contributed by atoms with Crippen molar-refractivity contribution in [3.8, 4) is 0 Å². The number of hydrogen-bond donors (Lipinski definition) is 1. The summed E-state index contributed by atoms with van der Waals surface area (Å²) in [6.45, 7) is 3.14. The van der Waals surface area contributed by atoms with Crippen LogP contribution in [0.4, 0.5) is 0 Å². The molecule has 0 spiro atoms. The first-order valence-corrected chi connectivity index (χ1v) is 7.69. The summed E-state index contributed by atoms with van der Waals surface area (Å²) in [6.07, 6.45) is 1.89. The monoisotopic (exact) mass is 307 g/mol. The molecule has 0 aliphatic heterocycles. The zero-order valence-corrected chi connectivity index (χ0v) is 13.1. The molecule has 2 rings (SSSR count). The van der Waals surface area contributed by atoms with Crippen LogP contribution in [0.25, 0.3) is 0 Å². The molecule has 0 radical (unpaired) electrons. The Labute approximate surface area is 130 Å². The summed E-state index contributed by atoms with van der Waals surface area (Å²) in [5.74, 6) is 0. The van der Waals surface area contributed by atoms with Crippen molar-refractivity contribution in [1.82, 2.24) is 5.32 Å². The molecule has 0 fully saturated rings. The van der Waals surface area contributed by atoms with Gasteiger partial charge in [0.1, 0.15) is 0 Å². The van der Waals surface area contributed by atoms with Gasteiger partial charge in [-0.25, -0.2) is 0 Å². The smallest absolute Gasteiger partial charge is 0.0453 e. The van der Waals surface area contributed by atoms with Crippen LogP contribution in [0.1, 0.15) is 30.5 Å². The fourth-order valence-electron chi connectivity index (χ4n) is 2.24. The largest absolute Gasteiger partial charge is 0.310 e. The van der Waals surface area contributed by atoms with Crippen molar-refractivity contribution in [2.75, 3.05) is 6.54 Å². The highest BCUT2D eigenvalue weighted by atomic mass is 35.5. The zero-order valence-electron chi connectivity index (χ0n) is 11.6. The number of nitrogens with one attached hydrogen (secondary N) is 1. The van der Waals surface area contributed by atoms with Gasteiger partial charge in [0.25, 0.3) is 0 Å². The molecule has 1 nitrogen and oxygen atoms in total. The maximum absolute atomic E-state index is 6.28. The highest BCUT2D eigenvalue weighted by Crippen LogP contribution is 2.29. The number of rotatable bonds is 6. The first-order chi connectivity index (χ1) is 9.72. The molecule has 0 aromatic heterocycles. The van der Waals surface area contributed by atoms with Crippen LogP contribution in [-0.2, 0) is 6.42 Å². The summed E-state index contributed by atoms with van der Waals surface area (Å²) in [5, 5.41) is 5.04. The van der Waals surface area contributed by atoms with Crippen molar-refractivity contribution >= 4 is 23.2 Å². The van der Waals surface area contributed by atoms with Crippen LogP contribution in [0.5, 0.6) is 0 Å². The Kier molecular flexibility index (Phi) is 5.90. The molecular formula is C17H19Cl2N. The second-order valence-corrected chi connectivity index (χ2v) is 5.64. The second-order valence-electron chi connectivity index (χ2n) is 4.82. The molecule has 3 heteroatoms. The van der Waals surface area contributed by atoms with E-state index in [1.807, 2.05) is 24.3 Å². The van der Waals surface area contributed by atoms with Crippen molar-refractivity contribution in [1.29, 1.82) is 0 Å². The van der Waals surface area contributed by atoms with Crippen LogP contribution in [-0.4, -0.2) is 6.54 Å². The summed E-state index contributed by atoms with van der Waals surface area (Å²) >= 11 is 12.6. The van der Waals surface area contributed by atoms with E-state index in [2.05, 4.69) is 36.5 Å². The molecule has 0 amide bonds. The molecule has 0 aliphatic carbocycles. The third-order valence-corrected chi connectivity index (χ3v) is 4.02. The fourth-order valence-corrected chi connectivity index (χ4v) is 2.80. The van der Waals surface area contributed by atoms with Crippen molar-refractivity contribution in [3.05, 3.63) is 69.7 Å². The minimum absolute atomic E-state index is 0.230. The van der Waals surface area contributed by atoms with E-state index >= 15 is 0 Å². The van der Waals surface area contributed by atoms with Crippen LogP contribution >= 0.6 is 23.2 Å². The van der Waals surface area contributed by atoms with Crippen LogP contribution in [0.3, 0.4) is 0 Å². The Morgan fingerprint density at radius 2 is 1.60 bits per heavy atom. The molecule has 2 aromatic rings. The molecule has 1 N–H and O–H groups in total. The lowest BCUT2D eigenvalue weighted by Gasteiger charge is -2.20. The van der Waals surface area contributed by atoms with E-state index in [0.29, 0.717) is 0 Å². The van der Waals surface area contributed by atoms with Crippen LogP contribution in [0, 0.1) is 0 Å². The molecule has 0 saturated heterocycles. The van der Waals surface area contributed by atoms with Gasteiger partial charge in [-0.3, -0.25) is 0 Å². The summed E-state index contributed by atoms with van der Waals surface area (Å²) in [6, 6.07) is 16.3. The predicted octanol–water partition coefficient (Wildman–Crippen LogP) is 5.28. The maximum atomic E-state index is 6.28. The Morgan fingerprint density at radius 1 is 0.950 bits per heavy atom. The number of halogens is 2. The topological polar surface area (TPSA) is 12.0 Å². The van der Waals surface area contributed by atoms with E-state index in [-0.39, 0.29) is 6.04 Å². The third kappa shape index (κ3) is 3.99. The molecule has 0 aliphatic rings. The Bertz CT molecular complexity index is 520. The van der Waals surface area contributed by atoms with E-state index in [4.69, 9.17) is 23.2 Å². The van der Waals surface area contributed by atoms with E-state index in [0.717, 1.165) is 35.0 Å². The Morgan fingerprint density at radius 3 is 2.20 bits per heavy atom. The standard InChI is InChI=1S/C17H19Cl2N/c1-2-11-20-17(13-7-4-3-5-8-13)12-14-15(18)9-6-10-16(14)19/h3-10,17,20H,2,11-12H2,1H3. The van der Waals surface area contributed by atoms with Gasteiger partial charge >= 0.3 is 0 Å². The quantitative estimate of drug-likeness (QED) is 0.766. The van der Waals surface area contributed by atoms with Gasteiger partial charge in [0, 0.05) is 16.1 Å². The number of benzene rings is 2. The molecular weight excluding hydrogens is 289 g/mol. The lowest BCUT2D eigenvalue weighted by molar-refractivity contribution is 0.529. The van der Waals surface area contributed by atoms with Crippen LogP contribution < -0.4 is 5.32 Å². The summed E-state index contributed by atoms with van der Waals surface area (Å²) < 4.78 is 0. The summed E-state index contributed by atoms with van der Waals surface area (Å²) in [5.41, 5.74) is 2.27. The second kappa shape index (κ2) is 7.68. The molecule has 2 aromatic carbocycles. The first-order valence-electron chi connectivity index (χ1n) is 6.93. The van der Waals surface area contributed by atoms with Crippen LogP contribution in [0.15, 0.2) is 48.5 Å². The average molecular weight is 308 g/mol. The number of hydrogen-bond acceptors (Lipinski definition) is 1. The molecule has 106 valence electrons. The maximum Gasteiger partial charge on any atom is 0.0453 e. The van der Waals surface area contributed by atoms with Gasteiger partial charge in [-0.1, -0.05) is 66.5 Å². The highest BCUT2D eigenvalue weighted by Gasteiger charge is 2.15. The van der Waals surface area contributed by atoms with Crippen molar-refractivity contribution < 1.29 is 0 Å². The summed E-state index contributed by atoms with van der Waals surface area (Å²) in [7, 11) is 0. The van der Waals surface area contributed by atoms with Gasteiger partial charge in [0.15, 0.2) is 0 Å². The minimum atomic E-state index is 0.230. The Hall–Kier alpha value is -1.02. The zero-order chi connectivity index (χ0) is 14.4. The average Bonchev–Trinajstić information content (AvgIpc) is 2.47. The Balaban J connectivity index is 2.24. The van der Waals surface area contributed by atoms with Gasteiger partial charge in [0.05, 0.1) is 0 Å². The predicted molar refractivity (Wildman–Crippen MR) is 87.6 cm³/mol. The van der Waals surface area contributed by atoms with Gasteiger partial charge in [-0.15, -0.1) is 0 Å². The van der Waals surface area contributed by atoms with Gasteiger partial charge in [0.2, 0.25) is 0 Å². The van der Waals surface area contributed by atoms with Crippen molar-refractivity contribution in [2.24, 2.45) is 0 Å².